The van der Waals surface area contributed by atoms with E-state index < -0.39 is 0 Å². The van der Waals surface area contributed by atoms with Crippen LogP contribution in [-0.4, -0.2) is 17.6 Å². The highest BCUT2D eigenvalue weighted by Gasteiger charge is 1.99. The van der Waals surface area contributed by atoms with E-state index in [-0.39, 0.29) is 5.97 Å². The molecule has 1 heterocycles. The molecular weight excluding hydrogens is 262 g/mol. The first kappa shape index (κ1) is 15.2. The summed E-state index contributed by atoms with van der Waals surface area (Å²) in [6.45, 7) is 2.30. The molecule has 3 nitrogen and oxygen atoms in total. The molecule has 1 aromatic carbocycles. The molecule has 0 aliphatic heterocycles. The monoisotopic (exact) mass is 283 g/mol. The molecule has 0 atom stereocenters. The number of ether oxygens (including phenoxy) is 1. The lowest BCUT2D eigenvalue weighted by Crippen LogP contribution is -2.02. The van der Waals surface area contributed by atoms with Crippen LogP contribution in [0.5, 0.6) is 0 Å². The zero-order chi connectivity index (χ0) is 14.9. The Morgan fingerprint density at radius 1 is 1.19 bits per heavy atom. The first-order valence-corrected chi connectivity index (χ1v) is 7.47. The summed E-state index contributed by atoms with van der Waals surface area (Å²) >= 11 is 0. The normalized spacial score (nSPS) is 11.1. The Morgan fingerprint density at radius 3 is 2.90 bits per heavy atom. The summed E-state index contributed by atoms with van der Waals surface area (Å²) in [5.74, 6) is -0.0994. The molecule has 2 rings (SSSR count). The third-order valence-electron chi connectivity index (χ3n) is 3.22. The number of fused-ring (bicyclic) bond motifs is 1. The molecule has 0 aliphatic rings. The second-order valence-corrected chi connectivity index (χ2v) is 4.88. The highest BCUT2D eigenvalue weighted by atomic mass is 16.5. The Labute approximate surface area is 125 Å². The lowest BCUT2D eigenvalue weighted by molar-refractivity contribution is -0.143. The predicted molar refractivity (Wildman–Crippen MR) is 85.9 cm³/mol. The standard InChI is InChI=1S/C18H21NO2/c1-2-21-18(20)12-6-4-3-5-10-16-14-13-15-9-7-8-11-17(15)19-16/h5,7-11,13-14H,2-4,6,12H2,1H3/b10-5+. The van der Waals surface area contributed by atoms with Crippen LogP contribution in [0.3, 0.4) is 0 Å². The first-order valence-electron chi connectivity index (χ1n) is 7.47. The van der Waals surface area contributed by atoms with Crippen molar-refractivity contribution in [2.24, 2.45) is 0 Å². The molecule has 0 radical (unpaired) electrons. The van der Waals surface area contributed by atoms with Gasteiger partial charge in [0.25, 0.3) is 0 Å². The predicted octanol–water partition coefficient (Wildman–Crippen LogP) is 4.37. The summed E-state index contributed by atoms with van der Waals surface area (Å²) in [7, 11) is 0. The SMILES string of the molecule is CCOC(=O)CCCC/C=C/c1ccc2ccccc2n1. The Kier molecular flexibility index (Phi) is 5.95. The second-order valence-electron chi connectivity index (χ2n) is 4.88. The van der Waals surface area contributed by atoms with Crippen molar-refractivity contribution in [2.75, 3.05) is 6.61 Å². The van der Waals surface area contributed by atoms with Crippen LogP contribution in [0.1, 0.15) is 38.3 Å². The molecule has 0 spiro atoms. The average molecular weight is 283 g/mol. The molecule has 0 bridgehead atoms. The van der Waals surface area contributed by atoms with Gasteiger partial charge in [-0.3, -0.25) is 4.79 Å². The molecule has 0 saturated carbocycles. The summed E-state index contributed by atoms with van der Waals surface area (Å²) in [6, 6.07) is 12.2. The molecule has 110 valence electrons. The van der Waals surface area contributed by atoms with Crippen molar-refractivity contribution >= 4 is 22.9 Å². The van der Waals surface area contributed by atoms with Crippen LogP contribution >= 0.6 is 0 Å². The largest absolute Gasteiger partial charge is 0.466 e. The van der Waals surface area contributed by atoms with E-state index in [2.05, 4.69) is 23.2 Å². The summed E-state index contributed by atoms with van der Waals surface area (Å²) in [5, 5.41) is 1.16. The lowest BCUT2D eigenvalue weighted by atomic mass is 10.1. The lowest BCUT2D eigenvalue weighted by Gasteiger charge is -2.00. The minimum Gasteiger partial charge on any atom is -0.466 e. The molecule has 1 aromatic heterocycles. The van der Waals surface area contributed by atoms with E-state index >= 15 is 0 Å². The fourth-order valence-corrected chi connectivity index (χ4v) is 2.14. The van der Waals surface area contributed by atoms with E-state index in [4.69, 9.17) is 4.74 Å². The number of rotatable bonds is 7. The highest BCUT2D eigenvalue weighted by molar-refractivity contribution is 5.79. The van der Waals surface area contributed by atoms with E-state index in [1.807, 2.05) is 37.3 Å². The molecule has 21 heavy (non-hydrogen) atoms. The van der Waals surface area contributed by atoms with Gasteiger partial charge >= 0.3 is 5.97 Å². The summed E-state index contributed by atoms with van der Waals surface area (Å²) in [5.41, 5.74) is 1.99. The summed E-state index contributed by atoms with van der Waals surface area (Å²) in [6.07, 6.45) is 7.47. The van der Waals surface area contributed by atoms with Crippen LogP contribution in [0, 0.1) is 0 Å². The maximum absolute atomic E-state index is 11.2. The Hall–Kier alpha value is -2.16. The van der Waals surface area contributed by atoms with E-state index in [1.165, 1.54) is 0 Å². The zero-order valence-electron chi connectivity index (χ0n) is 12.4. The van der Waals surface area contributed by atoms with Gasteiger partial charge in [0.1, 0.15) is 0 Å². The molecule has 0 amide bonds. The van der Waals surface area contributed by atoms with Crippen LogP contribution in [-0.2, 0) is 9.53 Å². The summed E-state index contributed by atoms with van der Waals surface area (Å²) in [4.78, 5) is 15.8. The second kappa shape index (κ2) is 8.20. The van der Waals surface area contributed by atoms with Crippen molar-refractivity contribution in [1.82, 2.24) is 4.98 Å². The number of hydrogen-bond donors (Lipinski definition) is 0. The van der Waals surface area contributed by atoms with Crippen LogP contribution < -0.4 is 0 Å². The van der Waals surface area contributed by atoms with Crippen LogP contribution in [0.15, 0.2) is 42.5 Å². The number of para-hydroxylation sites is 1. The van der Waals surface area contributed by atoms with Crippen LogP contribution in [0.4, 0.5) is 0 Å². The van der Waals surface area contributed by atoms with Gasteiger partial charge in [-0.15, -0.1) is 0 Å². The van der Waals surface area contributed by atoms with Crippen molar-refractivity contribution in [3.63, 3.8) is 0 Å². The maximum atomic E-state index is 11.2. The third kappa shape index (κ3) is 5.03. The van der Waals surface area contributed by atoms with Crippen LogP contribution in [0.25, 0.3) is 17.0 Å². The van der Waals surface area contributed by atoms with Gasteiger partial charge in [0.05, 0.1) is 17.8 Å². The molecule has 0 aliphatic carbocycles. The van der Waals surface area contributed by atoms with Crippen molar-refractivity contribution in [3.05, 3.63) is 48.2 Å². The minimum atomic E-state index is -0.0994. The highest BCUT2D eigenvalue weighted by Crippen LogP contribution is 2.13. The van der Waals surface area contributed by atoms with Crippen molar-refractivity contribution in [2.45, 2.75) is 32.6 Å². The van der Waals surface area contributed by atoms with Gasteiger partial charge < -0.3 is 4.74 Å². The number of nitrogens with zero attached hydrogens (tertiary/aromatic N) is 1. The average Bonchev–Trinajstić information content (AvgIpc) is 2.51. The van der Waals surface area contributed by atoms with Crippen molar-refractivity contribution in [1.29, 1.82) is 0 Å². The maximum Gasteiger partial charge on any atom is 0.305 e. The van der Waals surface area contributed by atoms with Gasteiger partial charge in [0.2, 0.25) is 0 Å². The Morgan fingerprint density at radius 2 is 2.05 bits per heavy atom. The molecule has 0 fully saturated rings. The van der Waals surface area contributed by atoms with Gasteiger partial charge in [-0.25, -0.2) is 4.98 Å². The van der Waals surface area contributed by atoms with E-state index in [9.17, 15) is 4.79 Å². The Balaban J connectivity index is 1.77. The van der Waals surface area contributed by atoms with E-state index in [0.29, 0.717) is 13.0 Å². The number of esters is 1. The third-order valence-corrected chi connectivity index (χ3v) is 3.22. The molecular formula is C18H21NO2. The number of hydrogen-bond acceptors (Lipinski definition) is 3. The molecule has 0 unspecified atom stereocenters. The number of aromatic nitrogens is 1. The number of pyridine rings is 1. The van der Waals surface area contributed by atoms with Crippen molar-refractivity contribution < 1.29 is 9.53 Å². The van der Waals surface area contributed by atoms with Gasteiger partial charge in [0, 0.05) is 11.8 Å². The van der Waals surface area contributed by atoms with Gasteiger partial charge in [-0.05, 0) is 44.4 Å². The fourth-order valence-electron chi connectivity index (χ4n) is 2.14. The topological polar surface area (TPSA) is 39.2 Å². The van der Waals surface area contributed by atoms with E-state index in [0.717, 1.165) is 35.9 Å². The van der Waals surface area contributed by atoms with E-state index in [1.54, 1.807) is 0 Å². The number of benzene rings is 1. The molecule has 2 aromatic rings. The molecule has 3 heteroatoms. The van der Waals surface area contributed by atoms with Crippen LogP contribution in [0.2, 0.25) is 0 Å². The fraction of sp³-hybridized carbons (Fsp3) is 0.333. The van der Waals surface area contributed by atoms with Gasteiger partial charge in [-0.2, -0.15) is 0 Å². The summed E-state index contributed by atoms with van der Waals surface area (Å²) < 4.78 is 4.89. The Bertz CT molecular complexity index is 619. The van der Waals surface area contributed by atoms with Crippen molar-refractivity contribution in [3.8, 4) is 0 Å². The minimum absolute atomic E-state index is 0.0994. The first-order chi connectivity index (χ1) is 10.3. The van der Waals surface area contributed by atoms with Gasteiger partial charge in [-0.1, -0.05) is 30.3 Å². The number of unbranched alkanes of at least 4 members (excludes halogenated alkanes) is 2. The smallest absolute Gasteiger partial charge is 0.305 e. The zero-order valence-corrected chi connectivity index (χ0v) is 12.4. The quantitative estimate of drug-likeness (QED) is 0.559. The number of allylic oxidation sites excluding steroid dienone is 1. The number of carbonyl (C=O) groups is 1. The molecule has 0 saturated heterocycles. The van der Waals surface area contributed by atoms with Gasteiger partial charge in [0.15, 0.2) is 0 Å². The molecule has 0 N–H and O–H groups in total. The number of carbonyl (C=O) groups excluding carboxylic acids is 1.